The maximum absolute atomic E-state index is 10.5. The molecule has 6 atom stereocenters. The lowest BCUT2D eigenvalue weighted by molar-refractivity contribution is -0.0440. The van der Waals surface area contributed by atoms with Crippen molar-refractivity contribution < 1.29 is 15.3 Å². The highest BCUT2D eigenvalue weighted by atomic mass is 16.3. The molecule has 0 aromatic heterocycles. The number of benzene rings is 1. The Kier molecular flexibility index (Phi) is 2.89. The highest BCUT2D eigenvalue weighted by molar-refractivity contribution is 5.40. The van der Waals surface area contributed by atoms with E-state index in [1.807, 2.05) is 6.07 Å². The first-order chi connectivity index (χ1) is 10.0. The molecule has 3 heteroatoms. The lowest BCUT2D eigenvalue weighted by Crippen LogP contribution is -2.46. The Bertz CT molecular complexity index is 570. The van der Waals surface area contributed by atoms with Gasteiger partial charge in [-0.2, -0.15) is 0 Å². The Hall–Kier alpha value is -1.06. The molecule has 21 heavy (non-hydrogen) atoms. The summed E-state index contributed by atoms with van der Waals surface area (Å²) >= 11 is 0. The quantitative estimate of drug-likeness (QED) is 0.687. The first-order valence-electron chi connectivity index (χ1n) is 8.18. The molecule has 0 bridgehead atoms. The van der Waals surface area contributed by atoms with Gasteiger partial charge in [0.25, 0.3) is 0 Å². The monoisotopic (exact) mass is 288 g/mol. The van der Waals surface area contributed by atoms with E-state index in [0.717, 1.165) is 25.7 Å². The van der Waals surface area contributed by atoms with Gasteiger partial charge in [-0.1, -0.05) is 13.0 Å². The van der Waals surface area contributed by atoms with E-state index < -0.39 is 0 Å². The number of aryl methyl sites for hydroxylation is 1. The van der Waals surface area contributed by atoms with Crippen LogP contribution in [0.2, 0.25) is 0 Å². The van der Waals surface area contributed by atoms with Crippen molar-refractivity contribution in [2.24, 2.45) is 17.3 Å². The Labute approximate surface area is 125 Å². The zero-order valence-electron chi connectivity index (χ0n) is 12.5. The number of aliphatic hydroxyl groups is 2. The number of phenolic OH excluding ortho intramolecular Hbond substituents is 1. The molecule has 3 nitrogen and oxygen atoms in total. The molecular formula is C18H24O3. The van der Waals surface area contributed by atoms with E-state index in [9.17, 15) is 15.3 Å². The molecule has 4 rings (SSSR count). The van der Waals surface area contributed by atoms with Gasteiger partial charge >= 0.3 is 0 Å². The molecule has 0 heterocycles. The molecule has 2 saturated carbocycles. The van der Waals surface area contributed by atoms with E-state index in [1.54, 1.807) is 6.07 Å². The summed E-state index contributed by atoms with van der Waals surface area (Å²) in [4.78, 5) is 0. The zero-order chi connectivity index (χ0) is 14.8. The van der Waals surface area contributed by atoms with Crippen LogP contribution in [0, 0.1) is 17.3 Å². The van der Waals surface area contributed by atoms with E-state index in [0.29, 0.717) is 24.0 Å². The summed E-state index contributed by atoms with van der Waals surface area (Å²) in [7, 11) is 0. The van der Waals surface area contributed by atoms with Gasteiger partial charge in [0.2, 0.25) is 0 Å². The summed E-state index contributed by atoms with van der Waals surface area (Å²) in [5.41, 5.74) is 2.52. The standard InChI is InChI=1S/C18H24O3/c1-18-7-6-13-12-5-3-11(19)8-10(12)2-4-14(13)17(18)15(20)9-16(18)21/h3,5,8,13-17,19-21H,2,4,6-7,9H2,1H3/t13-,14-,15+,16+,17-,18-/m1/s1. The third-order valence-corrected chi connectivity index (χ3v) is 6.65. The van der Waals surface area contributed by atoms with Crippen LogP contribution in [0.4, 0.5) is 0 Å². The van der Waals surface area contributed by atoms with Crippen molar-refractivity contribution in [1.82, 2.24) is 0 Å². The minimum Gasteiger partial charge on any atom is -0.508 e. The third kappa shape index (κ3) is 1.80. The van der Waals surface area contributed by atoms with Crippen molar-refractivity contribution in [3.05, 3.63) is 29.3 Å². The van der Waals surface area contributed by atoms with Crippen LogP contribution >= 0.6 is 0 Å². The Morgan fingerprint density at radius 3 is 2.81 bits per heavy atom. The summed E-state index contributed by atoms with van der Waals surface area (Å²) in [5, 5.41) is 30.6. The average Bonchev–Trinajstić information content (AvgIpc) is 2.68. The Morgan fingerprint density at radius 1 is 1.19 bits per heavy atom. The van der Waals surface area contributed by atoms with E-state index in [4.69, 9.17) is 0 Å². The van der Waals surface area contributed by atoms with Crippen molar-refractivity contribution in [2.45, 2.75) is 57.2 Å². The number of aliphatic hydroxyl groups excluding tert-OH is 2. The second-order valence-corrected chi connectivity index (χ2v) is 7.58. The van der Waals surface area contributed by atoms with Crippen LogP contribution < -0.4 is 0 Å². The SMILES string of the molecule is C[C@]12CC[C@@H]3c4ccc(O)cc4CC[C@H]3[C@@H]1[C@@H](O)C[C@@H]2O. The normalized spacial score (nSPS) is 44.8. The number of phenols is 1. The van der Waals surface area contributed by atoms with Crippen molar-refractivity contribution in [3.8, 4) is 5.75 Å². The lowest BCUT2D eigenvalue weighted by Gasteiger charge is -2.50. The number of hydrogen-bond donors (Lipinski definition) is 3. The number of hydrogen-bond acceptors (Lipinski definition) is 3. The van der Waals surface area contributed by atoms with Gasteiger partial charge in [-0.05, 0) is 72.1 Å². The number of aromatic hydroxyl groups is 1. The predicted octanol–water partition coefficient (Wildman–Crippen LogP) is 2.58. The summed E-state index contributed by atoms with van der Waals surface area (Å²) in [6.07, 6.45) is 3.91. The topological polar surface area (TPSA) is 60.7 Å². The van der Waals surface area contributed by atoms with Gasteiger partial charge in [0.1, 0.15) is 5.75 Å². The molecule has 3 aliphatic rings. The molecule has 2 fully saturated rings. The van der Waals surface area contributed by atoms with Crippen LogP contribution in [0.15, 0.2) is 18.2 Å². The Balaban J connectivity index is 1.73. The fourth-order valence-corrected chi connectivity index (χ4v) is 5.60. The van der Waals surface area contributed by atoms with Crippen LogP contribution in [0.1, 0.15) is 49.7 Å². The van der Waals surface area contributed by atoms with Crippen molar-refractivity contribution in [2.75, 3.05) is 0 Å². The van der Waals surface area contributed by atoms with Crippen LogP contribution in [0.25, 0.3) is 0 Å². The van der Waals surface area contributed by atoms with Gasteiger partial charge in [-0.15, -0.1) is 0 Å². The highest BCUT2D eigenvalue weighted by Crippen LogP contribution is 2.60. The molecule has 0 aliphatic heterocycles. The van der Waals surface area contributed by atoms with E-state index in [-0.39, 0.29) is 23.5 Å². The molecule has 114 valence electrons. The molecule has 1 aromatic rings. The summed E-state index contributed by atoms with van der Waals surface area (Å²) in [6, 6.07) is 5.76. The van der Waals surface area contributed by atoms with Crippen LogP contribution in [0.5, 0.6) is 5.75 Å². The molecule has 0 amide bonds. The average molecular weight is 288 g/mol. The molecule has 1 aromatic carbocycles. The first-order valence-corrected chi connectivity index (χ1v) is 8.18. The maximum atomic E-state index is 10.5. The zero-order valence-corrected chi connectivity index (χ0v) is 12.5. The summed E-state index contributed by atoms with van der Waals surface area (Å²) < 4.78 is 0. The minimum absolute atomic E-state index is 0.116. The van der Waals surface area contributed by atoms with Gasteiger partial charge in [0.15, 0.2) is 0 Å². The molecule has 0 unspecified atom stereocenters. The molecule has 0 radical (unpaired) electrons. The highest BCUT2D eigenvalue weighted by Gasteiger charge is 2.58. The molecule has 0 saturated heterocycles. The second-order valence-electron chi connectivity index (χ2n) is 7.58. The lowest BCUT2D eigenvalue weighted by atomic mass is 9.55. The van der Waals surface area contributed by atoms with Crippen LogP contribution in [0.3, 0.4) is 0 Å². The molecule has 3 N–H and O–H groups in total. The van der Waals surface area contributed by atoms with E-state index in [1.165, 1.54) is 11.1 Å². The molecule has 0 spiro atoms. The van der Waals surface area contributed by atoms with Crippen molar-refractivity contribution >= 4 is 0 Å². The largest absolute Gasteiger partial charge is 0.508 e. The maximum Gasteiger partial charge on any atom is 0.115 e. The van der Waals surface area contributed by atoms with E-state index >= 15 is 0 Å². The number of fused-ring (bicyclic) bond motifs is 5. The van der Waals surface area contributed by atoms with Crippen molar-refractivity contribution in [1.29, 1.82) is 0 Å². The van der Waals surface area contributed by atoms with E-state index in [2.05, 4.69) is 13.0 Å². The van der Waals surface area contributed by atoms with Crippen LogP contribution in [-0.2, 0) is 6.42 Å². The van der Waals surface area contributed by atoms with Gasteiger partial charge in [-0.3, -0.25) is 0 Å². The third-order valence-electron chi connectivity index (χ3n) is 6.65. The van der Waals surface area contributed by atoms with Gasteiger partial charge in [0.05, 0.1) is 12.2 Å². The molecule has 3 aliphatic carbocycles. The van der Waals surface area contributed by atoms with Gasteiger partial charge < -0.3 is 15.3 Å². The molecular weight excluding hydrogens is 264 g/mol. The Morgan fingerprint density at radius 2 is 2.00 bits per heavy atom. The number of rotatable bonds is 0. The second kappa shape index (κ2) is 4.47. The first kappa shape index (κ1) is 13.6. The fraction of sp³-hybridized carbons (Fsp3) is 0.667. The predicted molar refractivity (Wildman–Crippen MR) is 80.1 cm³/mol. The van der Waals surface area contributed by atoms with Gasteiger partial charge in [0, 0.05) is 6.42 Å². The van der Waals surface area contributed by atoms with Crippen LogP contribution in [-0.4, -0.2) is 27.5 Å². The van der Waals surface area contributed by atoms with Gasteiger partial charge in [-0.25, -0.2) is 0 Å². The summed E-state index contributed by atoms with van der Waals surface area (Å²) in [6.45, 7) is 2.17. The van der Waals surface area contributed by atoms with Crippen molar-refractivity contribution in [3.63, 3.8) is 0 Å². The summed E-state index contributed by atoms with van der Waals surface area (Å²) in [5.74, 6) is 1.51. The smallest absolute Gasteiger partial charge is 0.115 e. The fourth-order valence-electron chi connectivity index (χ4n) is 5.60. The minimum atomic E-state index is -0.364.